The lowest BCUT2D eigenvalue weighted by Gasteiger charge is -2.28. The Hall–Kier alpha value is -1.87. The van der Waals surface area contributed by atoms with Gasteiger partial charge in [-0.15, -0.1) is 0 Å². The predicted octanol–water partition coefficient (Wildman–Crippen LogP) is -0.762. The van der Waals surface area contributed by atoms with Crippen LogP contribution in [0.1, 0.15) is 5.69 Å². The van der Waals surface area contributed by atoms with Gasteiger partial charge in [0, 0.05) is 0 Å². The molecule has 9 nitrogen and oxygen atoms in total. The summed E-state index contributed by atoms with van der Waals surface area (Å²) in [5, 5.41) is 32.6. The van der Waals surface area contributed by atoms with Crippen LogP contribution in [-0.4, -0.2) is 53.2 Å². The number of imidazole rings is 1. The molecule has 3 rings (SSSR count). The van der Waals surface area contributed by atoms with Gasteiger partial charge in [0.25, 0.3) is 0 Å². The van der Waals surface area contributed by atoms with E-state index in [-0.39, 0.29) is 17.2 Å². The molecule has 22 heavy (non-hydrogen) atoms. The molecule has 0 amide bonds. The monoisotopic (exact) mass is 372 g/mol. The summed E-state index contributed by atoms with van der Waals surface area (Å²) < 4.78 is 18.8. The van der Waals surface area contributed by atoms with Crippen molar-refractivity contribution >= 4 is 27.4 Å². The number of nitrogens with zero attached hydrogens (tertiary/aromatic N) is 5. The second-order valence-corrected chi connectivity index (χ2v) is 5.88. The lowest BCUT2D eigenvalue weighted by atomic mass is 9.94. The van der Waals surface area contributed by atoms with Crippen LogP contribution >= 0.6 is 15.9 Å². The topological polar surface area (TPSA) is 143 Å². The third-order valence-electron chi connectivity index (χ3n) is 3.55. The number of aromatic nitrogens is 4. The number of hydrogen-bond donors (Lipinski definition) is 3. The van der Waals surface area contributed by atoms with Crippen molar-refractivity contribution in [1.82, 2.24) is 19.6 Å². The first-order valence-electron chi connectivity index (χ1n) is 6.09. The Morgan fingerprint density at radius 3 is 2.91 bits per heavy atom. The highest BCUT2D eigenvalue weighted by atomic mass is 79.9. The van der Waals surface area contributed by atoms with E-state index in [1.54, 1.807) is 6.07 Å². The maximum atomic E-state index is 15.0. The Labute approximate surface area is 131 Å². The summed E-state index contributed by atoms with van der Waals surface area (Å²) in [6.07, 6.45) is -0.802. The lowest BCUT2D eigenvalue weighted by molar-refractivity contribution is -0.0588. The number of alkyl halides is 2. The van der Waals surface area contributed by atoms with Crippen molar-refractivity contribution in [2.24, 2.45) is 0 Å². The first kappa shape index (κ1) is 15.0. The molecular formula is C11H10BrFN6O3. The van der Waals surface area contributed by atoms with Gasteiger partial charge >= 0.3 is 0 Å². The van der Waals surface area contributed by atoms with E-state index in [1.165, 1.54) is 0 Å². The minimum atomic E-state index is -2.68. The van der Waals surface area contributed by atoms with E-state index in [9.17, 15) is 15.5 Å². The smallest absolute Gasteiger partial charge is 0.245 e. The number of anilines is 1. The van der Waals surface area contributed by atoms with Crippen LogP contribution < -0.4 is 5.73 Å². The highest BCUT2D eigenvalue weighted by molar-refractivity contribution is 9.10. The van der Waals surface area contributed by atoms with Crippen molar-refractivity contribution in [3.05, 3.63) is 18.2 Å². The first-order chi connectivity index (χ1) is 10.4. The fourth-order valence-corrected chi connectivity index (χ4v) is 3.09. The average molecular weight is 373 g/mol. The summed E-state index contributed by atoms with van der Waals surface area (Å²) in [7, 11) is 0. The number of nitriles is 1. The van der Waals surface area contributed by atoms with E-state index in [0.29, 0.717) is 0 Å². The van der Waals surface area contributed by atoms with Crippen LogP contribution in [0.3, 0.4) is 0 Å². The van der Waals surface area contributed by atoms with Crippen LogP contribution in [-0.2, 0) is 10.3 Å². The number of nitrogen functional groups attached to an aromatic ring is 1. The summed E-state index contributed by atoms with van der Waals surface area (Å²) >= 11 is 2.71. The molecule has 116 valence electrons. The molecule has 3 heterocycles. The van der Waals surface area contributed by atoms with E-state index in [4.69, 9.17) is 10.5 Å². The Balaban J connectivity index is 2.27. The maximum Gasteiger partial charge on any atom is 0.245 e. The van der Waals surface area contributed by atoms with Crippen LogP contribution in [0.25, 0.3) is 5.65 Å². The van der Waals surface area contributed by atoms with E-state index in [2.05, 4.69) is 31.0 Å². The summed E-state index contributed by atoms with van der Waals surface area (Å²) in [6, 6.07) is 1.70. The minimum absolute atomic E-state index is 0.0330. The Morgan fingerprint density at radius 2 is 2.32 bits per heavy atom. The van der Waals surface area contributed by atoms with Crippen molar-refractivity contribution in [2.45, 2.75) is 22.4 Å². The van der Waals surface area contributed by atoms with Gasteiger partial charge < -0.3 is 20.7 Å². The molecule has 0 aromatic carbocycles. The average Bonchev–Trinajstić information content (AvgIpc) is 3.01. The number of fused-ring (bicyclic) bond motifs is 1. The zero-order chi connectivity index (χ0) is 16.1. The third-order valence-corrected chi connectivity index (χ3v) is 4.58. The summed E-state index contributed by atoms with van der Waals surface area (Å²) in [4.78, 5) is 7.69. The predicted molar refractivity (Wildman–Crippen MR) is 73.2 cm³/mol. The molecule has 4 N–H and O–H groups in total. The van der Waals surface area contributed by atoms with E-state index < -0.39 is 29.0 Å². The van der Waals surface area contributed by atoms with Crippen molar-refractivity contribution < 1.29 is 19.3 Å². The molecule has 0 spiro atoms. The van der Waals surface area contributed by atoms with Gasteiger partial charge in [-0.3, -0.25) is 0 Å². The van der Waals surface area contributed by atoms with E-state index in [1.807, 2.05) is 0 Å². The number of halogens is 2. The molecule has 0 aliphatic carbocycles. The second-order valence-electron chi connectivity index (χ2n) is 4.72. The van der Waals surface area contributed by atoms with Crippen molar-refractivity contribution in [3.8, 4) is 6.07 Å². The van der Waals surface area contributed by atoms with Gasteiger partial charge in [-0.25, -0.2) is 18.9 Å². The quantitative estimate of drug-likeness (QED) is 0.583. The normalized spacial score (nSPS) is 34.9. The fourth-order valence-electron chi connectivity index (χ4n) is 2.41. The van der Waals surface area contributed by atoms with Gasteiger partial charge in [0.05, 0.1) is 12.8 Å². The number of nitrogens with two attached hydrogens (primary N) is 1. The molecule has 1 saturated heterocycles. The summed E-state index contributed by atoms with van der Waals surface area (Å²) in [5.41, 5.74) is 3.39. The summed E-state index contributed by atoms with van der Waals surface area (Å²) in [6.45, 7) is -0.671. The molecule has 1 unspecified atom stereocenters. The van der Waals surface area contributed by atoms with Crippen molar-refractivity contribution in [3.63, 3.8) is 0 Å². The molecule has 1 aliphatic heterocycles. The molecule has 1 fully saturated rings. The zero-order valence-corrected chi connectivity index (χ0v) is 12.5. The van der Waals surface area contributed by atoms with Crippen LogP contribution in [0.5, 0.6) is 0 Å². The molecule has 0 saturated carbocycles. The van der Waals surface area contributed by atoms with Gasteiger partial charge in [-0.1, -0.05) is 0 Å². The number of hydrogen-bond acceptors (Lipinski definition) is 8. The summed E-state index contributed by atoms with van der Waals surface area (Å²) in [5.74, 6) is 0.0330. The van der Waals surface area contributed by atoms with Gasteiger partial charge in [-0.05, 0) is 15.9 Å². The first-order valence-corrected chi connectivity index (χ1v) is 6.89. The molecule has 2 aromatic heterocycles. The molecule has 11 heteroatoms. The second kappa shape index (κ2) is 4.82. The molecular weight excluding hydrogens is 363 g/mol. The lowest BCUT2D eigenvalue weighted by Crippen LogP contribution is -2.46. The minimum Gasteiger partial charge on any atom is -0.394 e. The highest BCUT2D eigenvalue weighted by Crippen LogP contribution is 2.53. The van der Waals surface area contributed by atoms with Gasteiger partial charge in [0.2, 0.25) is 10.2 Å². The van der Waals surface area contributed by atoms with Crippen molar-refractivity contribution in [1.29, 1.82) is 5.26 Å². The largest absolute Gasteiger partial charge is 0.394 e. The standard InChI is InChI=1S/C11H10BrFN6O3/c12-11(13)7(21)5(2-20)22-10(11,3-14)6-1-16-9-8(15)17-4-18-19(6)9/h1,4-5,7,20-21H,2H2,(H2,15,17,18)/t5-,7?,10+,11-/m1/s1. The molecule has 1 aliphatic rings. The van der Waals surface area contributed by atoms with Gasteiger partial charge in [-0.2, -0.15) is 10.4 Å². The molecule has 0 bridgehead atoms. The SMILES string of the molecule is N#C[C@@]1(c2cnc3c(N)ncnn23)O[C@H](CO)C(O)[C@]1(F)Br. The number of aliphatic hydroxyl groups is 2. The van der Waals surface area contributed by atoms with E-state index >= 15 is 4.39 Å². The Bertz CT molecular complexity index is 777. The number of ether oxygens (including phenoxy) is 1. The van der Waals surface area contributed by atoms with Crippen LogP contribution in [0, 0.1) is 11.3 Å². The molecule has 4 atom stereocenters. The number of aliphatic hydroxyl groups excluding tert-OH is 2. The van der Waals surface area contributed by atoms with E-state index in [0.717, 1.165) is 17.0 Å². The van der Waals surface area contributed by atoms with Crippen LogP contribution in [0.15, 0.2) is 12.5 Å². The Kier molecular flexibility index (Phi) is 3.29. The molecule has 2 aromatic rings. The Morgan fingerprint density at radius 1 is 1.59 bits per heavy atom. The third kappa shape index (κ3) is 1.69. The van der Waals surface area contributed by atoms with Crippen molar-refractivity contribution in [2.75, 3.05) is 12.3 Å². The molecule has 0 radical (unpaired) electrons. The highest BCUT2D eigenvalue weighted by Gasteiger charge is 2.68. The zero-order valence-electron chi connectivity index (χ0n) is 10.9. The maximum absolute atomic E-state index is 15.0. The van der Waals surface area contributed by atoms with Gasteiger partial charge in [0.1, 0.15) is 30.3 Å². The fraction of sp³-hybridized carbons (Fsp3) is 0.455. The van der Waals surface area contributed by atoms with Gasteiger partial charge in [0.15, 0.2) is 11.5 Å². The number of rotatable bonds is 2. The van der Waals surface area contributed by atoms with Crippen LogP contribution in [0.4, 0.5) is 10.2 Å². The van der Waals surface area contributed by atoms with Crippen LogP contribution in [0.2, 0.25) is 0 Å².